The smallest absolute Gasteiger partial charge is 0.195 e. The van der Waals surface area contributed by atoms with E-state index in [4.69, 9.17) is 28.4 Å². The number of phenols is 5. The molecule has 9 aromatic rings. The van der Waals surface area contributed by atoms with Gasteiger partial charge in [0.2, 0.25) is 0 Å². The summed E-state index contributed by atoms with van der Waals surface area (Å²) in [6, 6.07) is 36.5. The maximum Gasteiger partial charge on any atom is 0.195 e. The molecular formula is C94H120N6O11S. The monoisotopic (exact) mass is 1540 g/mol. The molecular weight excluding hydrogens is 1420 g/mol. The molecule has 17 rings (SSSR count). The van der Waals surface area contributed by atoms with Gasteiger partial charge in [0.05, 0.1) is 0 Å². The molecule has 2 aromatic heterocycles. The predicted octanol–water partition coefficient (Wildman–Crippen LogP) is 22.9. The third-order valence-corrected chi connectivity index (χ3v) is 26.2. The van der Waals surface area contributed by atoms with Crippen LogP contribution in [-0.4, -0.2) is 63.5 Å². The van der Waals surface area contributed by atoms with E-state index in [0.29, 0.717) is 28.7 Å². The molecule has 112 heavy (non-hydrogen) atoms. The number of rotatable bonds is 15. The van der Waals surface area contributed by atoms with E-state index < -0.39 is 0 Å². The van der Waals surface area contributed by atoms with Crippen molar-refractivity contribution in [2.24, 2.45) is 0 Å². The van der Waals surface area contributed by atoms with Crippen LogP contribution in [-0.2, 0) is 36.8 Å². The number of aromatic amines is 2. The number of aryl methyl sites for hydroxylation is 2. The van der Waals surface area contributed by atoms with Gasteiger partial charge >= 0.3 is 0 Å². The van der Waals surface area contributed by atoms with Gasteiger partial charge in [0.15, 0.2) is 6.23 Å². The number of ether oxygens (including phenoxy) is 6. The van der Waals surface area contributed by atoms with Crippen molar-refractivity contribution in [1.29, 1.82) is 0 Å². The Morgan fingerprint density at radius 2 is 0.750 bits per heavy atom. The number of nitrogens with one attached hydrogen (secondary N) is 6. The van der Waals surface area contributed by atoms with Crippen LogP contribution in [0.4, 0.5) is 0 Å². The third-order valence-electron chi connectivity index (χ3n) is 25.2. The summed E-state index contributed by atoms with van der Waals surface area (Å²) in [5.74, 6) is 5.86. The Morgan fingerprint density at radius 3 is 1.10 bits per heavy atom. The Kier molecular flexibility index (Phi) is 25.0. The van der Waals surface area contributed by atoms with E-state index in [0.717, 1.165) is 241 Å². The SMILES string of the molecule is C.CCC1(CC)CCc2c(O)cc(-c3cc4cc(C)ccc4[nH]3)cc2O1.CCC1(CC)CCc2c(O)cc(-c3cc4cc(C)ccc4[nH]3)cc2O1.CCC1(CC)CCc2c(O)cc(C3NC=C(C)N3)cc2O1.CCC1(CC)CCc2c(O)cc(C3NC=CO3)cc2O1.CCC1(CC)CCc2c(O)cc(C3NC=CS3)cc2O1. The minimum atomic E-state index is -0.241. The Bertz CT molecular complexity index is 4650. The van der Waals surface area contributed by atoms with Crippen LogP contribution in [0.2, 0.25) is 0 Å². The zero-order valence-electron chi connectivity index (χ0n) is 67.2. The number of thioether (sulfide) groups is 1. The topological polar surface area (TPSA) is 236 Å². The second kappa shape index (κ2) is 34.3. The molecule has 0 saturated carbocycles. The summed E-state index contributed by atoms with van der Waals surface area (Å²) in [5, 5.41) is 69.4. The number of allylic oxidation sites excluding steroid dienone is 1. The average Bonchev–Trinajstić information content (AvgIpc) is 1.04. The van der Waals surface area contributed by atoms with E-state index in [1.165, 1.54) is 21.9 Å². The highest BCUT2D eigenvalue weighted by Crippen LogP contribution is 2.50. The van der Waals surface area contributed by atoms with Gasteiger partial charge in [-0.05, 0) is 257 Å². The second-order valence-corrected chi connectivity index (χ2v) is 32.6. The molecule has 0 aliphatic carbocycles. The molecule has 3 unspecified atom stereocenters. The second-order valence-electron chi connectivity index (χ2n) is 31.5. The minimum Gasteiger partial charge on any atom is -0.508 e. The zero-order chi connectivity index (χ0) is 78.6. The van der Waals surface area contributed by atoms with Crippen LogP contribution in [0.5, 0.6) is 57.5 Å². The largest absolute Gasteiger partial charge is 0.508 e. The Morgan fingerprint density at radius 1 is 0.393 bits per heavy atom. The van der Waals surface area contributed by atoms with E-state index in [9.17, 15) is 25.5 Å². The highest BCUT2D eigenvalue weighted by atomic mass is 32.2. The summed E-state index contributed by atoms with van der Waals surface area (Å²) in [7, 11) is 0. The molecule has 7 aromatic carbocycles. The molecule has 10 heterocycles. The van der Waals surface area contributed by atoms with Crippen LogP contribution >= 0.6 is 11.8 Å². The lowest BCUT2D eigenvalue weighted by Gasteiger charge is -2.38. The first kappa shape index (κ1) is 81.7. The normalized spacial score (nSPS) is 19.4. The summed E-state index contributed by atoms with van der Waals surface area (Å²) < 4.78 is 37.0. The molecule has 18 heteroatoms. The fourth-order valence-electron chi connectivity index (χ4n) is 17.1. The van der Waals surface area contributed by atoms with E-state index in [1.54, 1.807) is 30.3 Å². The molecule has 0 spiro atoms. The van der Waals surface area contributed by atoms with Crippen LogP contribution < -0.4 is 45.0 Å². The molecule has 0 amide bonds. The molecule has 598 valence electrons. The summed E-state index contributed by atoms with van der Waals surface area (Å²) in [6.45, 7) is 27.9. The molecule has 0 fully saturated rings. The number of aromatic nitrogens is 2. The molecule has 11 N–H and O–H groups in total. The summed E-state index contributed by atoms with van der Waals surface area (Å²) in [4.78, 5) is 6.91. The Hall–Kier alpha value is -9.81. The van der Waals surface area contributed by atoms with Crippen LogP contribution in [0.1, 0.15) is 253 Å². The van der Waals surface area contributed by atoms with Gasteiger partial charge in [0.25, 0.3) is 0 Å². The quantitative estimate of drug-likeness (QED) is 0.0458. The van der Waals surface area contributed by atoms with Gasteiger partial charge in [0.1, 0.15) is 103 Å². The van der Waals surface area contributed by atoms with Gasteiger partial charge in [0, 0.05) is 108 Å². The maximum absolute atomic E-state index is 10.5. The van der Waals surface area contributed by atoms with Crippen LogP contribution in [0.3, 0.4) is 0 Å². The van der Waals surface area contributed by atoms with Crippen LogP contribution in [0.15, 0.2) is 145 Å². The maximum atomic E-state index is 10.5. The van der Waals surface area contributed by atoms with Crippen molar-refractivity contribution in [1.82, 2.24) is 31.2 Å². The van der Waals surface area contributed by atoms with Gasteiger partial charge in [-0.15, -0.1) is 11.8 Å². The molecule has 3 atom stereocenters. The van der Waals surface area contributed by atoms with Crippen molar-refractivity contribution < 1.29 is 54.0 Å². The number of phenolic OH excluding ortho intramolecular Hbond substituents is 5. The molecule has 8 aliphatic heterocycles. The Labute approximate surface area is 667 Å². The predicted molar refractivity (Wildman–Crippen MR) is 454 cm³/mol. The number of benzene rings is 7. The van der Waals surface area contributed by atoms with E-state index >= 15 is 0 Å². The minimum absolute atomic E-state index is 0. The van der Waals surface area contributed by atoms with Crippen molar-refractivity contribution in [2.75, 3.05) is 0 Å². The van der Waals surface area contributed by atoms with E-state index in [2.05, 4.69) is 187 Å². The highest BCUT2D eigenvalue weighted by Gasteiger charge is 2.40. The van der Waals surface area contributed by atoms with Crippen LogP contribution in [0.25, 0.3) is 44.3 Å². The van der Waals surface area contributed by atoms with Crippen molar-refractivity contribution in [2.45, 2.75) is 272 Å². The average molecular weight is 1540 g/mol. The lowest BCUT2D eigenvalue weighted by Crippen LogP contribution is -2.38. The van der Waals surface area contributed by atoms with Crippen molar-refractivity contribution in [3.8, 4) is 80.0 Å². The number of H-pyrrole nitrogens is 2. The molecule has 0 bridgehead atoms. The summed E-state index contributed by atoms with van der Waals surface area (Å²) in [6.07, 6.45) is 26.1. The standard InChI is InChI=1S/2C22H25NO2.C17H24N2O2.C16H21NO3.C16H21NO2S.CH4/c2*1-4-22(5-2)9-8-17-20(24)12-16(13-21(17)25-22)19-11-15-10-14(3)6-7-18(15)23-19;1-4-17(5-2)7-6-13-14(20)8-12(9-15(13)21-17)16-18-10-11(3)19-16;1-3-16(4-2)6-5-12-13(18)9-11(10-14(12)20-16)15-17-7-8-19-15;1-3-16(4-2)6-5-12-13(18)9-11(10-14(12)19-16)15-17-7-8-20-15;/h2*6-7,10-13,23-24H,4-5,8-9H2,1-3H3;8-10,16,18-20H,4-7H2,1-3H3;2*7-10,15,17-18H,3-6H2,1-2H3;1H4. The van der Waals surface area contributed by atoms with E-state index in [-0.39, 0.29) is 53.2 Å². The number of hydrogen-bond acceptors (Lipinski definition) is 16. The first-order valence-electron chi connectivity index (χ1n) is 40.7. The van der Waals surface area contributed by atoms with Crippen molar-refractivity contribution >= 4 is 33.6 Å². The van der Waals surface area contributed by atoms with Crippen LogP contribution in [0, 0.1) is 13.8 Å². The fourth-order valence-corrected chi connectivity index (χ4v) is 17.8. The lowest BCUT2D eigenvalue weighted by atomic mass is 9.86. The summed E-state index contributed by atoms with van der Waals surface area (Å²) in [5.41, 5.74) is 16.9. The van der Waals surface area contributed by atoms with Gasteiger partial charge in [-0.1, -0.05) is 99.9 Å². The number of fused-ring (bicyclic) bond motifs is 7. The third kappa shape index (κ3) is 17.1. The molecule has 0 saturated heterocycles. The first-order valence-corrected chi connectivity index (χ1v) is 41.7. The molecule has 17 nitrogen and oxygen atoms in total. The fraction of sp³-hybridized carbons (Fsp3) is 0.447. The number of aromatic hydroxyl groups is 5. The van der Waals surface area contributed by atoms with Gasteiger partial charge in [-0.2, -0.15) is 0 Å². The highest BCUT2D eigenvalue weighted by molar-refractivity contribution is 8.02. The molecule has 8 aliphatic rings. The van der Waals surface area contributed by atoms with Gasteiger partial charge < -0.3 is 85.2 Å². The summed E-state index contributed by atoms with van der Waals surface area (Å²) >= 11 is 1.71. The van der Waals surface area contributed by atoms with E-state index in [1.807, 2.05) is 55.1 Å². The lowest BCUT2D eigenvalue weighted by molar-refractivity contribution is 0.0369. The Balaban J connectivity index is 0.000000130. The van der Waals surface area contributed by atoms with Gasteiger partial charge in [-0.25, -0.2) is 0 Å². The first-order chi connectivity index (χ1) is 53.5. The van der Waals surface area contributed by atoms with Crippen molar-refractivity contribution in [3.05, 3.63) is 201 Å². The molecule has 0 radical (unpaired) electrons. The van der Waals surface area contributed by atoms with Crippen molar-refractivity contribution in [3.63, 3.8) is 0 Å². The number of hydrogen-bond donors (Lipinski definition) is 11. The zero-order valence-corrected chi connectivity index (χ0v) is 68.1. The van der Waals surface area contributed by atoms with Gasteiger partial charge in [-0.3, -0.25) is 0 Å².